The van der Waals surface area contributed by atoms with Crippen LogP contribution in [0.3, 0.4) is 0 Å². The van der Waals surface area contributed by atoms with Gasteiger partial charge < -0.3 is 15.3 Å². The number of hydrogen-bond donors (Lipinski definition) is 2. The molecule has 0 unspecified atom stereocenters. The summed E-state index contributed by atoms with van der Waals surface area (Å²) >= 11 is 2.16. The maximum atomic E-state index is 12.3. The molecule has 0 bridgehead atoms. The molecule has 2 rings (SSSR count). The highest BCUT2D eigenvalue weighted by Crippen LogP contribution is 2.12. The molecule has 2 amide bonds. The Morgan fingerprint density at radius 3 is 2.30 bits per heavy atom. The number of carbonyl (C=O) groups excluding carboxylic acids is 2. The van der Waals surface area contributed by atoms with Crippen LogP contribution in [0.5, 0.6) is 0 Å². The van der Waals surface area contributed by atoms with Crippen LogP contribution in [-0.2, 0) is 16.1 Å². The Labute approximate surface area is 148 Å². The summed E-state index contributed by atoms with van der Waals surface area (Å²) in [5.41, 5.74) is 1.46. The Morgan fingerprint density at radius 2 is 1.70 bits per heavy atom. The molecule has 2 aromatic carbocycles. The topological polar surface area (TPSA) is 69.6 Å². The van der Waals surface area contributed by atoms with E-state index < -0.39 is 11.8 Å². The summed E-state index contributed by atoms with van der Waals surface area (Å²) < 4.78 is 1.04. The highest BCUT2D eigenvalue weighted by atomic mass is 127. The van der Waals surface area contributed by atoms with E-state index in [4.69, 9.17) is 5.11 Å². The van der Waals surface area contributed by atoms with Gasteiger partial charge in [0.05, 0.1) is 6.61 Å². The summed E-state index contributed by atoms with van der Waals surface area (Å²) in [6.07, 6.45) is 0. The first-order valence-electron chi connectivity index (χ1n) is 7.11. The molecule has 0 atom stereocenters. The summed E-state index contributed by atoms with van der Waals surface area (Å²) in [4.78, 5) is 25.8. The van der Waals surface area contributed by atoms with E-state index in [-0.39, 0.29) is 19.7 Å². The number of hydrogen-bond acceptors (Lipinski definition) is 3. The first kappa shape index (κ1) is 17.4. The lowest BCUT2D eigenvalue weighted by Gasteiger charge is -2.21. The van der Waals surface area contributed by atoms with Crippen molar-refractivity contribution in [2.75, 3.05) is 18.5 Å². The average molecular weight is 424 g/mol. The molecule has 0 heterocycles. The minimum Gasteiger partial charge on any atom is -0.395 e. The number of rotatable bonds is 5. The molecule has 0 aromatic heterocycles. The SMILES string of the molecule is O=C(Nc1ccc(I)cc1)C(=O)N(CCO)Cc1ccccc1. The molecule has 0 radical (unpaired) electrons. The lowest BCUT2D eigenvalue weighted by Crippen LogP contribution is -2.40. The third-order valence-electron chi connectivity index (χ3n) is 3.17. The molecule has 0 spiro atoms. The van der Waals surface area contributed by atoms with Crippen LogP contribution in [-0.4, -0.2) is 35.0 Å². The van der Waals surface area contributed by atoms with Gasteiger partial charge in [-0.2, -0.15) is 0 Å². The molecule has 120 valence electrons. The Balaban J connectivity index is 2.04. The van der Waals surface area contributed by atoms with Crippen LogP contribution >= 0.6 is 22.6 Å². The van der Waals surface area contributed by atoms with Crippen LogP contribution in [0.1, 0.15) is 5.56 Å². The monoisotopic (exact) mass is 424 g/mol. The largest absolute Gasteiger partial charge is 0.395 e. The van der Waals surface area contributed by atoms with Gasteiger partial charge in [0.25, 0.3) is 0 Å². The Hall–Kier alpha value is -1.93. The maximum Gasteiger partial charge on any atom is 0.313 e. The molecular formula is C17H17IN2O3. The van der Waals surface area contributed by atoms with Crippen LogP contribution < -0.4 is 5.32 Å². The van der Waals surface area contributed by atoms with Crippen molar-refractivity contribution in [1.82, 2.24) is 4.90 Å². The zero-order valence-corrected chi connectivity index (χ0v) is 14.6. The average Bonchev–Trinajstić information content (AvgIpc) is 2.57. The van der Waals surface area contributed by atoms with Crippen molar-refractivity contribution >= 4 is 40.1 Å². The third-order valence-corrected chi connectivity index (χ3v) is 3.89. The molecule has 2 aromatic rings. The molecule has 0 fully saturated rings. The number of nitrogens with one attached hydrogen (secondary N) is 1. The molecule has 0 aliphatic rings. The van der Waals surface area contributed by atoms with Gasteiger partial charge in [0.2, 0.25) is 0 Å². The van der Waals surface area contributed by atoms with Crippen LogP contribution in [0.15, 0.2) is 54.6 Å². The molecule has 0 aliphatic carbocycles. The smallest absolute Gasteiger partial charge is 0.313 e. The first-order valence-corrected chi connectivity index (χ1v) is 8.18. The van der Waals surface area contributed by atoms with Gasteiger partial charge in [-0.3, -0.25) is 9.59 Å². The number of aliphatic hydroxyl groups is 1. The highest BCUT2D eigenvalue weighted by Gasteiger charge is 2.21. The fourth-order valence-electron chi connectivity index (χ4n) is 2.04. The maximum absolute atomic E-state index is 12.3. The van der Waals surface area contributed by atoms with Gasteiger partial charge >= 0.3 is 11.8 Å². The van der Waals surface area contributed by atoms with Crippen molar-refractivity contribution in [2.24, 2.45) is 0 Å². The Morgan fingerprint density at radius 1 is 1.04 bits per heavy atom. The number of benzene rings is 2. The van der Waals surface area contributed by atoms with Gasteiger partial charge in [-0.05, 0) is 52.4 Å². The van der Waals surface area contributed by atoms with E-state index >= 15 is 0 Å². The van der Waals surface area contributed by atoms with Crippen molar-refractivity contribution in [3.05, 3.63) is 63.7 Å². The van der Waals surface area contributed by atoms with Crippen LogP contribution in [0.25, 0.3) is 0 Å². The van der Waals surface area contributed by atoms with E-state index in [1.165, 1.54) is 4.90 Å². The van der Waals surface area contributed by atoms with E-state index in [0.29, 0.717) is 5.69 Å². The zero-order valence-electron chi connectivity index (χ0n) is 12.4. The molecule has 6 heteroatoms. The number of anilines is 1. The number of halogens is 1. The van der Waals surface area contributed by atoms with Crippen LogP contribution in [0.2, 0.25) is 0 Å². The highest BCUT2D eigenvalue weighted by molar-refractivity contribution is 14.1. The predicted molar refractivity (Wildman–Crippen MR) is 96.7 cm³/mol. The van der Waals surface area contributed by atoms with Crippen LogP contribution in [0.4, 0.5) is 5.69 Å². The summed E-state index contributed by atoms with van der Waals surface area (Å²) in [7, 11) is 0. The minimum absolute atomic E-state index is 0.105. The minimum atomic E-state index is -0.712. The van der Waals surface area contributed by atoms with Crippen molar-refractivity contribution in [1.29, 1.82) is 0 Å². The number of amides is 2. The van der Waals surface area contributed by atoms with Gasteiger partial charge in [0.15, 0.2) is 0 Å². The third kappa shape index (κ3) is 5.33. The molecule has 23 heavy (non-hydrogen) atoms. The van der Waals surface area contributed by atoms with E-state index in [0.717, 1.165) is 9.13 Å². The van der Waals surface area contributed by atoms with Gasteiger partial charge in [-0.25, -0.2) is 0 Å². The Bertz CT molecular complexity index is 659. The second-order valence-corrected chi connectivity index (χ2v) is 6.14. The normalized spacial score (nSPS) is 10.2. The standard InChI is InChI=1S/C17H17IN2O3/c18-14-6-8-15(9-7-14)19-16(22)17(23)20(10-11-21)12-13-4-2-1-3-5-13/h1-9,21H,10-12H2,(H,19,22). The Kier molecular flexibility index (Phi) is 6.54. The molecule has 2 N–H and O–H groups in total. The number of nitrogens with zero attached hydrogens (tertiary/aromatic N) is 1. The lowest BCUT2D eigenvalue weighted by molar-refractivity contribution is -0.143. The van der Waals surface area contributed by atoms with Crippen LogP contribution in [0, 0.1) is 3.57 Å². The van der Waals surface area contributed by atoms with Gasteiger partial charge in [0.1, 0.15) is 0 Å². The van der Waals surface area contributed by atoms with Crippen molar-refractivity contribution in [3.8, 4) is 0 Å². The summed E-state index contributed by atoms with van der Waals surface area (Å²) in [6.45, 7) is 0.184. The first-order chi connectivity index (χ1) is 11.1. The number of aliphatic hydroxyl groups excluding tert-OH is 1. The van der Waals surface area contributed by atoms with Crippen molar-refractivity contribution in [3.63, 3.8) is 0 Å². The predicted octanol–water partition coefficient (Wildman–Crippen LogP) is 2.25. The molecular weight excluding hydrogens is 407 g/mol. The van der Waals surface area contributed by atoms with E-state index in [2.05, 4.69) is 27.9 Å². The van der Waals surface area contributed by atoms with Gasteiger partial charge in [-0.1, -0.05) is 30.3 Å². The molecule has 0 aliphatic heterocycles. The summed E-state index contributed by atoms with van der Waals surface area (Å²) in [5.74, 6) is -1.38. The molecule has 0 saturated heterocycles. The second-order valence-electron chi connectivity index (χ2n) is 4.90. The van der Waals surface area contributed by atoms with E-state index in [9.17, 15) is 9.59 Å². The molecule has 5 nitrogen and oxygen atoms in total. The zero-order chi connectivity index (χ0) is 16.7. The summed E-state index contributed by atoms with van der Waals surface area (Å²) in [6, 6.07) is 16.5. The van der Waals surface area contributed by atoms with E-state index in [1.807, 2.05) is 42.5 Å². The second kappa shape index (κ2) is 8.64. The van der Waals surface area contributed by atoms with E-state index in [1.54, 1.807) is 12.1 Å². The lowest BCUT2D eigenvalue weighted by atomic mass is 10.2. The van der Waals surface area contributed by atoms with Gasteiger partial charge in [-0.15, -0.1) is 0 Å². The van der Waals surface area contributed by atoms with Crippen molar-refractivity contribution in [2.45, 2.75) is 6.54 Å². The molecule has 0 saturated carbocycles. The quantitative estimate of drug-likeness (QED) is 0.572. The fourth-order valence-corrected chi connectivity index (χ4v) is 2.40. The summed E-state index contributed by atoms with van der Waals surface area (Å²) in [5, 5.41) is 11.7. The van der Waals surface area contributed by atoms with Gasteiger partial charge in [0, 0.05) is 22.3 Å². The fraction of sp³-hybridized carbons (Fsp3) is 0.176. The number of carbonyl (C=O) groups is 2. The van der Waals surface area contributed by atoms with Crippen molar-refractivity contribution < 1.29 is 14.7 Å².